The Morgan fingerprint density at radius 3 is 2.72 bits per heavy atom. The molecule has 156 valence electrons. The molecule has 0 heterocycles. The summed E-state index contributed by atoms with van der Waals surface area (Å²) in [5.74, 6) is -0.621. The number of allylic oxidation sites excluding steroid dienone is 6. The van der Waals surface area contributed by atoms with E-state index in [0.29, 0.717) is 6.42 Å². The summed E-state index contributed by atoms with van der Waals surface area (Å²) in [5, 5.41) is 11.7. The molecule has 5 heteroatoms. The van der Waals surface area contributed by atoms with Gasteiger partial charge in [0, 0.05) is 17.8 Å². The number of fused-ring (bicyclic) bond motifs is 5. The van der Waals surface area contributed by atoms with Crippen LogP contribution in [-0.2, 0) is 19.1 Å². The summed E-state index contributed by atoms with van der Waals surface area (Å²) >= 11 is 0. The molecule has 5 nitrogen and oxygen atoms in total. The molecule has 4 aliphatic carbocycles. The van der Waals surface area contributed by atoms with Crippen LogP contribution in [0, 0.1) is 28.6 Å². The number of hydrogen-bond acceptors (Lipinski definition) is 5. The number of aliphatic hydroxyl groups is 1. The normalized spacial score (nSPS) is 42.9. The van der Waals surface area contributed by atoms with E-state index in [9.17, 15) is 19.5 Å². The largest absolute Gasteiger partial charge is 0.458 e. The van der Waals surface area contributed by atoms with Gasteiger partial charge in [0.25, 0.3) is 0 Å². The van der Waals surface area contributed by atoms with E-state index in [1.165, 1.54) is 18.1 Å². The lowest BCUT2D eigenvalue weighted by Crippen LogP contribution is -2.57. The summed E-state index contributed by atoms with van der Waals surface area (Å²) in [6, 6.07) is 0. The minimum absolute atomic E-state index is 0.0529. The van der Waals surface area contributed by atoms with E-state index in [0.717, 1.165) is 19.3 Å². The second-order valence-corrected chi connectivity index (χ2v) is 9.75. The maximum absolute atomic E-state index is 13.0. The molecule has 0 unspecified atom stereocenters. The van der Waals surface area contributed by atoms with Gasteiger partial charge in [-0.3, -0.25) is 14.4 Å². The monoisotopic (exact) mass is 398 g/mol. The number of carbonyl (C=O) groups is 3. The van der Waals surface area contributed by atoms with E-state index in [4.69, 9.17) is 4.74 Å². The topological polar surface area (TPSA) is 80.7 Å². The lowest BCUT2D eigenvalue weighted by molar-refractivity contribution is -0.167. The molecule has 0 aromatic heterocycles. The Hall–Kier alpha value is -2.01. The molecule has 0 aliphatic heterocycles. The van der Waals surface area contributed by atoms with Gasteiger partial charge in [-0.05, 0) is 62.5 Å². The van der Waals surface area contributed by atoms with Crippen LogP contribution in [0.3, 0.4) is 0 Å². The maximum atomic E-state index is 13.0. The number of carbonyl (C=O) groups excluding carboxylic acids is 3. The van der Waals surface area contributed by atoms with E-state index in [1.54, 1.807) is 12.2 Å². The third kappa shape index (κ3) is 2.66. The first kappa shape index (κ1) is 20.3. The zero-order valence-electron chi connectivity index (χ0n) is 17.7. The summed E-state index contributed by atoms with van der Waals surface area (Å²) in [6.45, 7) is 7.03. The van der Waals surface area contributed by atoms with Crippen molar-refractivity contribution in [2.75, 3.05) is 6.61 Å². The standard InChI is InChI=1S/C24H30O5/c1-14-11-20-18-6-5-16-12-17(26)7-9-22(16,3)19(18)8-10-23(20,4)24(14,28)21(27)13-29-15(2)25/h7-9,12,14,18,20,28H,5-6,10-11,13H2,1-4H3/t14-,18-,20-,22-,23+,24-/m1/s1. The highest BCUT2D eigenvalue weighted by molar-refractivity contribution is 6.01. The van der Waals surface area contributed by atoms with E-state index in [-0.39, 0.29) is 35.6 Å². The molecule has 2 fully saturated rings. The Labute approximate surface area is 171 Å². The van der Waals surface area contributed by atoms with Gasteiger partial charge in [0.2, 0.25) is 5.78 Å². The third-order valence-electron chi connectivity index (χ3n) is 8.36. The quantitative estimate of drug-likeness (QED) is 0.583. The second kappa shape index (κ2) is 6.49. The smallest absolute Gasteiger partial charge is 0.303 e. The van der Waals surface area contributed by atoms with Crippen LogP contribution in [-0.4, -0.2) is 34.9 Å². The molecule has 29 heavy (non-hydrogen) atoms. The number of esters is 1. The van der Waals surface area contributed by atoms with Crippen molar-refractivity contribution >= 4 is 17.5 Å². The van der Waals surface area contributed by atoms with Crippen LogP contribution >= 0.6 is 0 Å². The first-order chi connectivity index (χ1) is 13.5. The fourth-order valence-corrected chi connectivity index (χ4v) is 6.74. The van der Waals surface area contributed by atoms with Gasteiger partial charge in [0.15, 0.2) is 12.4 Å². The van der Waals surface area contributed by atoms with Gasteiger partial charge in [0.1, 0.15) is 5.60 Å². The van der Waals surface area contributed by atoms with Crippen LogP contribution in [0.2, 0.25) is 0 Å². The Morgan fingerprint density at radius 2 is 2.03 bits per heavy atom. The van der Waals surface area contributed by atoms with Crippen molar-refractivity contribution in [3.05, 3.63) is 35.5 Å². The molecule has 0 saturated heterocycles. The van der Waals surface area contributed by atoms with E-state index in [1.807, 2.05) is 19.9 Å². The number of hydrogen-bond donors (Lipinski definition) is 1. The van der Waals surface area contributed by atoms with Crippen LogP contribution in [0.4, 0.5) is 0 Å². The number of ketones is 2. The summed E-state index contributed by atoms with van der Waals surface area (Å²) in [6.07, 6.45) is 10.8. The second-order valence-electron chi connectivity index (χ2n) is 9.75. The summed E-state index contributed by atoms with van der Waals surface area (Å²) in [5.41, 5.74) is 0.145. The van der Waals surface area contributed by atoms with Gasteiger partial charge in [-0.25, -0.2) is 0 Å². The lowest BCUT2D eigenvalue weighted by atomic mass is 9.51. The molecular formula is C24H30O5. The van der Waals surface area contributed by atoms with Crippen molar-refractivity contribution in [1.29, 1.82) is 0 Å². The summed E-state index contributed by atoms with van der Waals surface area (Å²) in [7, 11) is 0. The summed E-state index contributed by atoms with van der Waals surface area (Å²) in [4.78, 5) is 36.1. The first-order valence-electron chi connectivity index (χ1n) is 10.6. The van der Waals surface area contributed by atoms with E-state index in [2.05, 4.69) is 13.0 Å². The van der Waals surface area contributed by atoms with Gasteiger partial charge < -0.3 is 9.84 Å². The molecule has 6 atom stereocenters. The van der Waals surface area contributed by atoms with E-state index < -0.39 is 22.8 Å². The third-order valence-corrected chi connectivity index (χ3v) is 8.36. The van der Waals surface area contributed by atoms with Gasteiger partial charge in [0.05, 0.1) is 0 Å². The predicted octanol–water partition coefficient (Wildman–Crippen LogP) is 3.32. The van der Waals surface area contributed by atoms with Crippen molar-refractivity contribution in [1.82, 2.24) is 0 Å². The highest BCUT2D eigenvalue weighted by Gasteiger charge is 2.67. The van der Waals surface area contributed by atoms with Crippen molar-refractivity contribution in [3.63, 3.8) is 0 Å². The van der Waals surface area contributed by atoms with E-state index >= 15 is 0 Å². The molecule has 0 aromatic carbocycles. The molecule has 0 amide bonds. The molecule has 2 saturated carbocycles. The van der Waals surface area contributed by atoms with Gasteiger partial charge >= 0.3 is 5.97 Å². The SMILES string of the molecule is CC(=O)OCC(=O)[C@]1(O)[C@H](C)C[C@@H]2[C@@H]3CCC4=CC(=O)C=C[C@@]4(C)C3=CC[C@@]21C. The number of rotatable bonds is 3. The van der Waals surface area contributed by atoms with Crippen LogP contribution < -0.4 is 0 Å². The molecule has 1 N–H and O–H groups in total. The zero-order valence-corrected chi connectivity index (χ0v) is 17.7. The van der Waals surface area contributed by atoms with Crippen LogP contribution in [0.15, 0.2) is 35.5 Å². The highest BCUT2D eigenvalue weighted by atomic mass is 16.5. The Balaban J connectivity index is 1.71. The van der Waals surface area contributed by atoms with Crippen molar-refractivity contribution < 1.29 is 24.2 Å². The predicted molar refractivity (Wildman–Crippen MR) is 108 cm³/mol. The number of Topliss-reactive ketones (excluding diaryl/α,β-unsaturated/α-hetero) is 1. The summed E-state index contributed by atoms with van der Waals surface area (Å²) < 4.78 is 4.95. The van der Waals surface area contributed by atoms with Crippen LogP contribution in [0.25, 0.3) is 0 Å². The average molecular weight is 398 g/mol. The molecule has 4 aliphatic rings. The van der Waals surface area contributed by atoms with Crippen LogP contribution in [0.5, 0.6) is 0 Å². The minimum Gasteiger partial charge on any atom is -0.458 e. The van der Waals surface area contributed by atoms with Gasteiger partial charge in [-0.2, -0.15) is 0 Å². The fourth-order valence-electron chi connectivity index (χ4n) is 6.74. The van der Waals surface area contributed by atoms with Gasteiger partial charge in [-0.15, -0.1) is 0 Å². The van der Waals surface area contributed by atoms with Crippen LogP contribution in [0.1, 0.15) is 53.4 Å². The average Bonchev–Trinajstić information content (AvgIpc) is 2.88. The molecule has 0 bridgehead atoms. The minimum atomic E-state index is -1.51. The first-order valence-corrected chi connectivity index (χ1v) is 10.6. The van der Waals surface area contributed by atoms with Crippen molar-refractivity contribution in [2.45, 2.75) is 59.0 Å². The van der Waals surface area contributed by atoms with Gasteiger partial charge in [-0.1, -0.05) is 37.1 Å². The molecule has 0 aromatic rings. The Kier molecular flexibility index (Phi) is 4.54. The molecule has 0 radical (unpaired) electrons. The Morgan fingerprint density at radius 1 is 1.31 bits per heavy atom. The molecule has 4 rings (SSSR count). The van der Waals surface area contributed by atoms with Crippen molar-refractivity contribution in [2.24, 2.45) is 28.6 Å². The molecule has 0 spiro atoms. The zero-order chi connectivity index (χ0) is 21.2. The van der Waals surface area contributed by atoms with Crippen molar-refractivity contribution in [3.8, 4) is 0 Å². The Bertz CT molecular complexity index is 880. The lowest BCUT2D eigenvalue weighted by Gasteiger charge is -2.53. The number of ether oxygens (including phenoxy) is 1. The maximum Gasteiger partial charge on any atom is 0.303 e. The fraction of sp³-hybridized carbons (Fsp3) is 0.625. The molecular weight excluding hydrogens is 368 g/mol. The highest BCUT2D eigenvalue weighted by Crippen LogP contribution is 2.66.